The van der Waals surface area contributed by atoms with Crippen molar-refractivity contribution in [3.63, 3.8) is 0 Å². The van der Waals surface area contributed by atoms with Crippen molar-refractivity contribution in [3.05, 3.63) is 32.6 Å². The maximum absolute atomic E-state index is 11.4. The van der Waals surface area contributed by atoms with Crippen molar-refractivity contribution in [3.8, 4) is 0 Å². The van der Waals surface area contributed by atoms with Crippen LogP contribution in [0, 0.1) is 6.92 Å². The van der Waals surface area contributed by atoms with Gasteiger partial charge in [-0.2, -0.15) is 0 Å². The van der Waals surface area contributed by atoms with Gasteiger partial charge in [-0.15, -0.1) is 0 Å². The van der Waals surface area contributed by atoms with Gasteiger partial charge in [0, 0.05) is 38.8 Å². The highest BCUT2D eigenvalue weighted by molar-refractivity contribution is 5.75. The van der Waals surface area contributed by atoms with Crippen molar-refractivity contribution in [2.75, 3.05) is 14.1 Å². The lowest BCUT2D eigenvalue weighted by Gasteiger charge is -2.10. The van der Waals surface area contributed by atoms with E-state index in [9.17, 15) is 14.4 Å². The molecule has 1 aromatic rings. The molecule has 17 heavy (non-hydrogen) atoms. The standard InChI is InChI=1S/C11H17N3O3/c1-8-7-14(11(17)12-10(8)16)6-4-5-9(15)13(2)3/h7H,4-6H2,1-3H3,(H,12,16,17). The van der Waals surface area contributed by atoms with Crippen LogP contribution in [-0.2, 0) is 11.3 Å². The largest absolute Gasteiger partial charge is 0.349 e. The van der Waals surface area contributed by atoms with Gasteiger partial charge in [0.05, 0.1) is 0 Å². The molecule has 1 aromatic heterocycles. The van der Waals surface area contributed by atoms with E-state index >= 15 is 0 Å². The maximum Gasteiger partial charge on any atom is 0.328 e. The molecule has 0 unspecified atom stereocenters. The Morgan fingerprint density at radius 1 is 1.41 bits per heavy atom. The van der Waals surface area contributed by atoms with Crippen molar-refractivity contribution in [2.24, 2.45) is 0 Å². The third kappa shape index (κ3) is 3.58. The van der Waals surface area contributed by atoms with Crippen LogP contribution in [0.2, 0.25) is 0 Å². The van der Waals surface area contributed by atoms with Crippen molar-refractivity contribution in [2.45, 2.75) is 26.3 Å². The van der Waals surface area contributed by atoms with Crippen LogP contribution >= 0.6 is 0 Å². The molecule has 0 aromatic carbocycles. The Kier molecular flexibility index (Phi) is 4.25. The SMILES string of the molecule is Cc1cn(CCCC(=O)N(C)C)c(=O)[nH]c1=O. The molecule has 0 aliphatic rings. The average molecular weight is 239 g/mol. The van der Waals surface area contributed by atoms with Gasteiger partial charge in [0.2, 0.25) is 5.91 Å². The number of nitrogens with one attached hydrogen (secondary N) is 1. The minimum Gasteiger partial charge on any atom is -0.349 e. The predicted molar refractivity (Wildman–Crippen MR) is 64.0 cm³/mol. The van der Waals surface area contributed by atoms with E-state index in [0.29, 0.717) is 24.9 Å². The smallest absolute Gasteiger partial charge is 0.328 e. The van der Waals surface area contributed by atoms with Gasteiger partial charge in [0.15, 0.2) is 0 Å². The first-order chi connectivity index (χ1) is 7.91. The van der Waals surface area contributed by atoms with Crippen LogP contribution in [-0.4, -0.2) is 34.5 Å². The summed E-state index contributed by atoms with van der Waals surface area (Å²) in [5.41, 5.74) is -0.308. The van der Waals surface area contributed by atoms with E-state index < -0.39 is 5.69 Å². The van der Waals surface area contributed by atoms with E-state index in [2.05, 4.69) is 4.98 Å². The molecule has 1 rings (SSSR count). The van der Waals surface area contributed by atoms with Crippen molar-refractivity contribution >= 4 is 5.91 Å². The van der Waals surface area contributed by atoms with Gasteiger partial charge >= 0.3 is 5.69 Å². The molecule has 1 amide bonds. The second-order valence-electron chi connectivity index (χ2n) is 4.16. The van der Waals surface area contributed by atoms with Crippen LogP contribution in [0.5, 0.6) is 0 Å². The van der Waals surface area contributed by atoms with Gasteiger partial charge in [-0.05, 0) is 13.3 Å². The van der Waals surface area contributed by atoms with Crippen LogP contribution < -0.4 is 11.2 Å². The summed E-state index contributed by atoms with van der Waals surface area (Å²) in [6.45, 7) is 2.07. The molecule has 0 spiro atoms. The number of rotatable bonds is 4. The van der Waals surface area contributed by atoms with Crippen LogP contribution in [0.4, 0.5) is 0 Å². The van der Waals surface area contributed by atoms with Crippen molar-refractivity contribution in [1.29, 1.82) is 0 Å². The number of aryl methyl sites for hydroxylation is 2. The van der Waals surface area contributed by atoms with E-state index in [0.717, 1.165) is 0 Å². The molecular formula is C11H17N3O3. The minimum absolute atomic E-state index is 0.0270. The lowest BCUT2D eigenvalue weighted by Crippen LogP contribution is -2.31. The van der Waals surface area contributed by atoms with E-state index in [-0.39, 0.29) is 11.5 Å². The Labute approximate surface area is 98.9 Å². The summed E-state index contributed by atoms with van der Waals surface area (Å²) >= 11 is 0. The number of amides is 1. The monoisotopic (exact) mass is 239 g/mol. The lowest BCUT2D eigenvalue weighted by molar-refractivity contribution is -0.128. The number of hydrogen-bond donors (Lipinski definition) is 1. The molecule has 0 saturated heterocycles. The molecule has 0 bridgehead atoms. The van der Waals surface area contributed by atoms with Gasteiger partial charge in [0.25, 0.3) is 5.56 Å². The Bertz CT molecular complexity index is 513. The van der Waals surface area contributed by atoms with Crippen LogP contribution in [0.1, 0.15) is 18.4 Å². The number of aromatic nitrogens is 2. The normalized spacial score (nSPS) is 10.3. The molecule has 94 valence electrons. The second kappa shape index (κ2) is 5.47. The minimum atomic E-state index is -0.432. The zero-order valence-electron chi connectivity index (χ0n) is 10.3. The van der Waals surface area contributed by atoms with Crippen LogP contribution in [0.25, 0.3) is 0 Å². The Morgan fingerprint density at radius 3 is 2.65 bits per heavy atom. The van der Waals surface area contributed by atoms with E-state index in [4.69, 9.17) is 0 Å². The molecule has 1 heterocycles. The number of carbonyl (C=O) groups excluding carboxylic acids is 1. The van der Waals surface area contributed by atoms with Crippen LogP contribution in [0.3, 0.4) is 0 Å². The molecule has 0 fully saturated rings. The molecule has 0 saturated carbocycles. The molecule has 0 aliphatic carbocycles. The second-order valence-corrected chi connectivity index (χ2v) is 4.16. The Morgan fingerprint density at radius 2 is 2.06 bits per heavy atom. The fourth-order valence-electron chi connectivity index (χ4n) is 1.41. The molecule has 6 nitrogen and oxygen atoms in total. The van der Waals surface area contributed by atoms with Gasteiger partial charge in [-0.25, -0.2) is 4.79 Å². The van der Waals surface area contributed by atoms with E-state index in [1.807, 2.05) is 0 Å². The summed E-state index contributed by atoms with van der Waals surface area (Å²) in [4.78, 5) is 37.6. The average Bonchev–Trinajstić information content (AvgIpc) is 2.25. The van der Waals surface area contributed by atoms with Gasteiger partial charge < -0.3 is 9.47 Å². The highest BCUT2D eigenvalue weighted by Gasteiger charge is 2.05. The topological polar surface area (TPSA) is 75.2 Å². The van der Waals surface area contributed by atoms with Crippen molar-refractivity contribution < 1.29 is 4.79 Å². The molecular weight excluding hydrogens is 222 g/mol. The third-order valence-electron chi connectivity index (χ3n) is 2.48. The van der Waals surface area contributed by atoms with Crippen LogP contribution in [0.15, 0.2) is 15.8 Å². The summed E-state index contributed by atoms with van der Waals surface area (Å²) in [7, 11) is 3.39. The first-order valence-corrected chi connectivity index (χ1v) is 5.42. The molecule has 1 N–H and O–H groups in total. The molecule has 0 atom stereocenters. The van der Waals surface area contributed by atoms with Gasteiger partial charge in [-0.1, -0.05) is 0 Å². The number of nitrogens with zero attached hydrogens (tertiary/aromatic N) is 2. The fraction of sp³-hybridized carbons (Fsp3) is 0.545. The highest BCUT2D eigenvalue weighted by Crippen LogP contribution is 1.96. The zero-order chi connectivity index (χ0) is 13.0. The lowest BCUT2D eigenvalue weighted by atomic mass is 10.3. The first-order valence-electron chi connectivity index (χ1n) is 5.42. The number of hydrogen-bond acceptors (Lipinski definition) is 3. The summed E-state index contributed by atoms with van der Waals surface area (Å²) < 4.78 is 1.42. The van der Waals surface area contributed by atoms with E-state index in [1.54, 1.807) is 21.0 Å². The number of aromatic amines is 1. The fourth-order valence-corrected chi connectivity index (χ4v) is 1.41. The highest BCUT2D eigenvalue weighted by atomic mass is 16.2. The zero-order valence-corrected chi connectivity index (χ0v) is 10.3. The van der Waals surface area contributed by atoms with E-state index in [1.165, 1.54) is 15.7 Å². The quantitative estimate of drug-likeness (QED) is 0.784. The summed E-state index contributed by atoms with van der Waals surface area (Å²) in [6, 6.07) is 0. The Balaban J connectivity index is 2.65. The summed E-state index contributed by atoms with van der Waals surface area (Å²) in [5, 5.41) is 0. The number of carbonyl (C=O) groups is 1. The maximum atomic E-state index is 11.4. The Hall–Kier alpha value is -1.85. The molecule has 6 heteroatoms. The van der Waals surface area contributed by atoms with Crippen molar-refractivity contribution in [1.82, 2.24) is 14.5 Å². The molecule has 0 radical (unpaired) electrons. The number of H-pyrrole nitrogens is 1. The van der Waals surface area contributed by atoms with Gasteiger partial charge in [-0.3, -0.25) is 14.6 Å². The summed E-state index contributed by atoms with van der Waals surface area (Å²) in [5.74, 6) is 0.0270. The van der Waals surface area contributed by atoms with Gasteiger partial charge in [0.1, 0.15) is 0 Å². The predicted octanol–water partition coefficient (Wildman–Crippen LogP) is -0.287. The summed E-state index contributed by atoms with van der Waals surface area (Å²) in [6.07, 6.45) is 2.47. The first kappa shape index (κ1) is 13.2. The third-order valence-corrected chi connectivity index (χ3v) is 2.48. The molecule has 0 aliphatic heterocycles.